The van der Waals surface area contributed by atoms with E-state index < -0.39 is 0 Å². The molecule has 0 unspecified atom stereocenters. The van der Waals surface area contributed by atoms with Crippen molar-refractivity contribution in [2.75, 3.05) is 13.2 Å². The lowest BCUT2D eigenvalue weighted by Gasteiger charge is -2.12. The fraction of sp³-hybridized carbons (Fsp3) is 0.733. The van der Waals surface area contributed by atoms with Gasteiger partial charge in [0, 0.05) is 18.2 Å². The van der Waals surface area contributed by atoms with Gasteiger partial charge in [0.05, 0.1) is 18.8 Å². The second kappa shape index (κ2) is 6.88. The highest BCUT2D eigenvalue weighted by molar-refractivity contribution is 5.89. The van der Waals surface area contributed by atoms with Gasteiger partial charge in [0.25, 0.3) is 0 Å². The highest BCUT2D eigenvalue weighted by Crippen LogP contribution is 2.24. The number of ether oxygens (including phenoxy) is 1. The lowest BCUT2D eigenvalue weighted by molar-refractivity contribution is 0.0510. The molecule has 0 saturated carbocycles. The summed E-state index contributed by atoms with van der Waals surface area (Å²) in [6.45, 7) is 7.99. The van der Waals surface area contributed by atoms with Crippen molar-refractivity contribution < 1.29 is 9.53 Å². The molecule has 0 aliphatic heterocycles. The van der Waals surface area contributed by atoms with E-state index in [-0.39, 0.29) is 5.97 Å². The molecule has 2 rings (SSSR count). The first kappa shape index (κ1) is 15.0. The van der Waals surface area contributed by atoms with E-state index in [9.17, 15) is 4.79 Å². The van der Waals surface area contributed by atoms with Crippen LogP contribution < -0.4 is 5.32 Å². The summed E-state index contributed by atoms with van der Waals surface area (Å²) in [6.07, 6.45) is 4.22. The van der Waals surface area contributed by atoms with Crippen LogP contribution in [0.4, 0.5) is 0 Å². The third kappa shape index (κ3) is 3.39. The van der Waals surface area contributed by atoms with Gasteiger partial charge in [-0.25, -0.2) is 4.79 Å². The van der Waals surface area contributed by atoms with Crippen molar-refractivity contribution in [1.82, 2.24) is 15.1 Å². The van der Waals surface area contributed by atoms with Gasteiger partial charge in [0.2, 0.25) is 0 Å². The van der Waals surface area contributed by atoms with Crippen molar-refractivity contribution in [2.45, 2.75) is 59.0 Å². The molecule has 0 fully saturated rings. The van der Waals surface area contributed by atoms with Crippen molar-refractivity contribution >= 4 is 5.97 Å². The van der Waals surface area contributed by atoms with Crippen molar-refractivity contribution in [3.8, 4) is 0 Å². The number of aromatic nitrogens is 2. The minimum atomic E-state index is -0.229. The number of carbonyl (C=O) groups excluding carboxylic acids is 1. The third-order valence-corrected chi connectivity index (χ3v) is 3.57. The number of esters is 1. The standard InChI is InChI=1S/C15H25N3O2/c1-4-20-15(19)14-12-7-5-6-8-13(12)17-18(14)10-9-16-11(2)3/h11,16H,4-10H2,1-3H3. The van der Waals surface area contributed by atoms with E-state index in [4.69, 9.17) is 4.74 Å². The second-order valence-corrected chi connectivity index (χ2v) is 5.53. The summed E-state index contributed by atoms with van der Waals surface area (Å²) in [5, 5.41) is 7.99. The normalized spacial score (nSPS) is 14.4. The van der Waals surface area contributed by atoms with Crippen molar-refractivity contribution in [3.63, 3.8) is 0 Å². The van der Waals surface area contributed by atoms with E-state index in [1.54, 1.807) is 0 Å². The number of rotatable bonds is 6. The predicted octanol–water partition coefficient (Wildman–Crippen LogP) is 1.94. The zero-order valence-electron chi connectivity index (χ0n) is 12.7. The molecule has 1 aliphatic carbocycles. The van der Waals surface area contributed by atoms with Gasteiger partial charge in [-0.05, 0) is 32.6 Å². The van der Waals surface area contributed by atoms with E-state index in [0.717, 1.165) is 43.5 Å². The molecule has 0 amide bonds. The van der Waals surface area contributed by atoms with E-state index in [1.807, 2.05) is 11.6 Å². The van der Waals surface area contributed by atoms with Gasteiger partial charge in [-0.15, -0.1) is 0 Å². The largest absolute Gasteiger partial charge is 0.461 e. The maximum Gasteiger partial charge on any atom is 0.356 e. The zero-order chi connectivity index (χ0) is 14.5. The molecule has 1 heterocycles. The van der Waals surface area contributed by atoms with E-state index in [1.165, 1.54) is 0 Å². The van der Waals surface area contributed by atoms with Crippen molar-refractivity contribution in [3.05, 3.63) is 17.0 Å². The molecule has 1 aromatic rings. The first-order valence-corrected chi connectivity index (χ1v) is 7.62. The monoisotopic (exact) mass is 279 g/mol. The van der Waals surface area contributed by atoms with Gasteiger partial charge >= 0.3 is 5.97 Å². The Hall–Kier alpha value is -1.36. The van der Waals surface area contributed by atoms with Crippen LogP contribution in [0.2, 0.25) is 0 Å². The van der Waals surface area contributed by atoms with Crippen LogP contribution in [0, 0.1) is 0 Å². The molecule has 1 aromatic heterocycles. The molecule has 20 heavy (non-hydrogen) atoms. The molecular formula is C15H25N3O2. The number of hydrogen-bond acceptors (Lipinski definition) is 4. The minimum absolute atomic E-state index is 0.229. The van der Waals surface area contributed by atoms with Gasteiger partial charge in [0.15, 0.2) is 0 Å². The third-order valence-electron chi connectivity index (χ3n) is 3.57. The van der Waals surface area contributed by atoms with Crippen LogP contribution in [0.5, 0.6) is 0 Å². The van der Waals surface area contributed by atoms with Gasteiger partial charge < -0.3 is 10.1 Å². The smallest absolute Gasteiger partial charge is 0.356 e. The number of aryl methyl sites for hydroxylation is 1. The molecule has 0 atom stereocenters. The Bertz CT molecular complexity index is 466. The summed E-state index contributed by atoms with van der Waals surface area (Å²) in [4.78, 5) is 12.2. The summed E-state index contributed by atoms with van der Waals surface area (Å²) >= 11 is 0. The van der Waals surface area contributed by atoms with Gasteiger partial charge in [-0.3, -0.25) is 4.68 Å². The molecule has 0 spiro atoms. The lowest BCUT2D eigenvalue weighted by atomic mass is 9.96. The summed E-state index contributed by atoms with van der Waals surface area (Å²) in [6, 6.07) is 0.436. The Kier molecular flexibility index (Phi) is 5.17. The molecule has 0 aromatic carbocycles. The average Bonchev–Trinajstić information content (AvgIpc) is 2.76. The topological polar surface area (TPSA) is 56.1 Å². The Morgan fingerprint density at radius 3 is 2.85 bits per heavy atom. The maximum absolute atomic E-state index is 12.2. The van der Waals surface area contributed by atoms with Crippen LogP contribution >= 0.6 is 0 Å². The first-order chi connectivity index (χ1) is 9.63. The van der Waals surface area contributed by atoms with Crippen molar-refractivity contribution in [1.29, 1.82) is 0 Å². The molecule has 1 aliphatic rings. The van der Waals surface area contributed by atoms with Gasteiger partial charge in [-0.2, -0.15) is 5.10 Å². The fourth-order valence-corrected chi connectivity index (χ4v) is 2.66. The minimum Gasteiger partial charge on any atom is -0.461 e. The summed E-state index contributed by atoms with van der Waals surface area (Å²) in [5.41, 5.74) is 2.87. The molecular weight excluding hydrogens is 254 g/mol. The summed E-state index contributed by atoms with van der Waals surface area (Å²) in [7, 11) is 0. The number of hydrogen-bond donors (Lipinski definition) is 1. The molecule has 5 nitrogen and oxygen atoms in total. The van der Waals surface area contributed by atoms with E-state index in [0.29, 0.717) is 24.9 Å². The molecule has 5 heteroatoms. The highest BCUT2D eigenvalue weighted by atomic mass is 16.5. The van der Waals surface area contributed by atoms with E-state index in [2.05, 4.69) is 24.3 Å². The number of carbonyl (C=O) groups is 1. The molecule has 1 N–H and O–H groups in total. The zero-order valence-corrected chi connectivity index (χ0v) is 12.7. The Labute approximate surface area is 120 Å². The molecule has 0 saturated heterocycles. The second-order valence-electron chi connectivity index (χ2n) is 5.53. The maximum atomic E-state index is 12.2. The van der Waals surface area contributed by atoms with Crippen molar-refractivity contribution in [2.24, 2.45) is 0 Å². The average molecular weight is 279 g/mol. The van der Waals surface area contributed by atoms with Gasteiger partial charge in [0.1, 0.15) is 5.69 Å². The summed E-state index contributed by atoms with van der Waals surface area (Å²) in [5.74, 6) is -0.229. The first-order valence-electron chi connectivity index (χ1n) is 7.62. The highest BCUT2D eigenvalue weighted by Gasteiger charge is 2.25. The molecule has 112 valence electrons. The molecule has 0 radical (unpaired) electrons. The van der Waals surface area contributed by atoms with E-state index >= 15 is 0 Å². The van der Waals surface area contributed by atoms with Crippen LogP contribution in [-0.4, -0.2) is 34.9 Å². The SMILES string of the molecule is CCOC(=O)c1c2c(nn1CCNC(C)C)CCCC2. The Morgan fingerprint density at radius 2 is 2.15 bits per heavy atom. The fourth-order valence-electron chi connectivity index (χ4n) is 2.66. The molecule has 0 bridgehead atoms. The van der Waals surface area contributed by atoms with Crippen LogP contribution in [0.15, 0.2) is 0 Å². The Morgan fingerprint density at radius 1 is 1.40 bits per heavy atom. The van der Waals surface area contributed by atoms with Crippen LogP contribution in [0.3, 0.4) is 0 Å². The summed E-state index contributed by atoms with van der Waals surface area (Å²) < 4.78 is 7.04. The number of nitrogens with zero attached hydrogens (tertiary/aromatic N) is 2. The van der Waals surface area contributed by atoms with Crippen LogP contribution in [0.1, 0.15) is 55.4 Å². The quantitative estimate of drug-likeness (QED) is 0.809. The predicted molar refractivity (Wildman–Crippen MR) is 78.0 cm³/mol. The van der Waals surface area contributed by atoms with Crippen LogP contribution in [0.25, 0.3) is 0 Å². The number of nitrogens with one attached hydrogen (secondary N) is 1. The number of fused-ring (bicyclic) bond motifs is 1. The van der Waals surface area contributed by atoms with Gasteiger partial charge in [-0.1, -0.05) is 13.8 Å². The lowest BCUT2D eigenvalue weighted by Crippen LogP contribution is -2.28. The Balaban J connectivity index is 2.20. The van der Waals surface area contributed by atoms with Crippen LogP contribution in [-0.2, 0) is 24.1 Å².